The highest BCUT2D eigenvalue weighted by Crippen LogP contribution is 2.22. The highest BCUT2D eigenvalue weighted by atomic mass is 14.7. The molecule has 0 aliphatic heterocycles. The van der Waals surface area contributed by atoms with E-state index in [-0.39, 0.29) is 0 Å². The Kier molecular flexibility index (Phi) is 14.4. The summed E-state index contributed by atoms with van der Waals surface area (Å²) in [5, 5.41) is 2.75. The zero-order valence-corrected chi connectivity index (χ0v) is 16.5. The van der Waals surface area contributed by atoms with Crippen molar-refractivity contribution in [2.24, 2.45) is 5.73 Å². The molecular weight excluding hydrogens is 304 g/mol. The summed E-state index contributed by atoms with van der Waals surface area (Å²) >= 11 is 0. The Hall–Kier alpha value is -1.90. The van der Waals surface area contributed by atoms with Crippen molar-refractivity contribution in [3.05, 3.63) is 77.9 Å². The van der Waals surface area contributed by atoms with Crippen LogP contribution in [0.1, 0.15) is 49.3 Å². The maximum Gasteiger partial charge on any atom is -0.0167 e. The van der Waals surface area contributed by atoms with E-state index in [1.54, 1.807) is 0 Å². The molecule has 0 spiro atoms. The van der Waals surface area contributed by atoms with Crippen LogP contribution in [0.5, 0.6) is 0 Å². The van der Waals surface area contributed by atoms with Crippen molar-refractivity contribution < 1.29 is 0 Å². The van der Waals surface area contributed by atoms with E-state index in [0.717, 1.165) is 5.57 Å². The molecule has 0 radical (unpaired) electrons. The Labute approximate surface area is 155 Å². The van der Waals surface area contributed by atoms with Gasteiger partial charge in [0.1, 0.15) is 0 Å². The van der Waals surface area contributed by atoms with Gasteiger partial charge in [0.2, 0.25) is 0 Å². The number of unbranched alkanes of at least 4 members (excludes halogenated alkanes) is 3. The van der Waals surface area contributed by atoms with Crippen molar-refractivity contribution in [2.45, 2.75) is 39.0 Å². The first-order valence-electron chi connectivity index (χ1n) is 9.22. The third-order valence-electron chi connectivity index (χ3n) is 3.74. The SMILES string of the molecule is C=C(c1ccccc1)c1ccc(CCCCCC)cc1.CN.CNC. The van der Waals surface area contributed by atoms with Crippen LogP contribution in [0.15, 0.2) is 61.2 Å². The Balaban J connectivity index is 0.00000104. The van der Waals surface area contributed by atoms with E-state index in [0.29, 0.717) is 0 Å². The fourth-order valence-corrected chi connectivity index (χ4v) is 2.43. The molecule has 2 aromatic carbocycles. The zero-order chi connectivity index (χ0) is 18.9. The van der Waals surface area contributed by atoms with Gasteiger partial charge < -0.3 is 11.1 Å². The van der Waals surface area contributed by atoms with Gasteiger partial charge in [0.15, 0.2) is 0 Å². The second kappa shape index (κ2) is 15.6. The van der Waals surface area contributed by atoms with Crippen molar-refractivity contribution in [2.75, 3.05) is 21.1 Å². The largest absolute Gasteiger partial charge is 0.333 e. The summed E-state index contributed by atoms with van der Waals surface area (Å²) in [5.74, 6) is 0. The van der Waals surface area contributed by atoms with E-state index >= 15 is 0 Å². The van der Waals surface area contributed by atoms with Gasteiger partial charge in [-0.1, -0.05) is 87.4 Å². The number of hydrogen-bond acceptors (Lipinski definition) is 2. The lowest BCUT2D eigenvalue weighted by Gasteiger charge is -2.08. The van der Waals surface area contributed by atoms with Crippen LogP contribution in [0, 0.1) is 0 Å². The van der Waals surface area contributed by atoms with Gasteiger partial charge in [-0.05, 0) is 56.2 Å². The molecule has 0 heterocycles. The van der Waals surface area contributed by atoms with Gasteiger partial charge in [0, 0.05) is 0 Å². The molecule has 3 N–H and O–H groups in total. The Morgan fingerprint density at radius 1 is 0.840 bits per heavy atom. The summed E-state index contributed by atoms with van der Waals surface area (Å²) in [6, 6.07) is 19.3. The molecule has 0 aromatic heterocycles. The van der Waals surface area contributed by atoms with Crippen LogP contribution in [-0.2, 0) is 6.42 Å². The molecule has 0 bridgehead atoms. The molecule has 0 atom stereocenters. The van der Waals surface area contributed by atoms with Gasteiger partial charge >= 0.3 is 0 Å². The Morgan fingerprint density at radius 2 is 1.36 bits per heavy atom. The quantitative estimate of drug-likeness (QED) is 0.673. The monoisotopic (exact) mass is 340 g/mol. The van der Waals surface area contributed by atoms with Gasteiger partial charge in [0.25, 0.3) is 0 Å². The third kappa shape index (κ3) is 9.85. The highest BCUT2D eigenvalue weighted by Gasteiger charge is 2.02. The summed E-state index contributed by atoms with van der Waals surface area (Å²) in [7, 11) is 5.25. The molecule has 0 unspecified atom stereocenters. The second-order valence-electron chi connectivity index (χ2n) is 5.85. The molecule has 25 heavy (non-hydrogen) atoms. The minimum absolute atomic E-state index is 1.10. The second-order valence-corrected chi connectivity index (χ2v) is 5.85. The normalized spacial score (nSPS) is 9.32. The molecule has 138 valence electrons. The predicted molar refractivity (Wildman–Crippen MR) is 114 cm³/mol. The summed E-state index contributed by atoms with van der Waals surface area (Å²) in [5.41, 5.74) is 9.45. The fourth-order valence-electron chi connectivity index (χ4n) is 2.43. The summed E-state index contributed by atoms with van der Waals surface area (Å²) in [4.78, 5) is 0. The molecule has 0 saturated heterocycles. The standard InChI is InChI=1S/C20H24.C2H7N.CH5N/c1-3-4-5-7-10-18-13-15-20(16-14-18)17(2)19-11-8-6-9-12-19;1-3-2;1-2/h6,8-9,11-16H,2-5,7,10H2,1H3;3H,1-2H3;2H2,1H3. The number of rotatable bonds is 7. The van der Waals surface area contributed by atoms with Gasteiger partial charge in [-0.25, -0.2) is 0 Å². The molecule has 2 nitrogen and oxygen atoms in total. The number of benzene rings is 2. The summed E-state index contributed by atoms with van der Waals surface area (Å²) < 4.78 is 0. The lowest BCUT2D eigenvalue weighted by atomic mass is 9.97. The maximum atomic E-state index is 4.50. The first-order chi connectivity index (χ1) is 12.2. The molecule has 0 saturated carbocycles. The van der Waals surface area contributed by atoms with Crippen molar-refractivity contribution in [1.29, 1.82) is 0 Å². The van der Waals surface area contributed by atoms with Gasteiger partial charge in [-0.2, -0.15) is 0 Å². The van der Waals surface area contributed by atoms with Crippen LogP contribution in [0.3, 0.4) is 0 Å². The number of aryl methyl sites for hydroxylation is 1. The van der Waals surface area contributed by atoms with E-state index in [2.05, 4.69) is 73.1 Å². The Morgan fingerprint density at radius 3 is 1.88 bits per heavy atom. The lowest BCUT2D eigenvalue weighted by Crippen LogP contribution is -1.89. The maximum absolute atomic E-state index is 4.50. The van der Waals surface area contributed by atoms with Crippen LogP contribution in [0.2, 0.25) is 0 Å². The van der Waals surface area contributed by atoms with Gasteiger partial charge in [-0.3, -0.25) is 0 Å². The molecular formula is C23H36N2. The molecule has 0 amide bonds. The van der Waals surface area contributed by atoms with Gasteiger partial charge in [-0.15, -0.1) is 0 Å². The number of nitrogens with one attached hydrogen (secondary N) is 1. The third-order valence-corrected chi connectivity index (χ3v) is 3.74. The van der Waals surface area contributed by atoms with E-state index < -0.39 is 0 Å². The van der Waals surface area contributed by atoms with Crippen molar-refractivity contribution in [3.8, 4) is 0 Å². The van der Waals surface area contributed by atoms with E-state index in [9.17, 15) is 0 Å². The zero-order valence-electron chi connectivity index (χ0n) is 16.5. The van der Waals surface area contributed by atoms with E-state index in [4.69, 9.17) is 0 Å². The van der Waals surface area contributed by atoms with Crippen molar-refractivity contribution in [1.82, 2.24) is 5.32 Å². The summed E-state index contributed by atoms with van der Waals surface area (Å²) in [6.45, 7) is 6.47. The highest BCUT2D eigenvalue weighted by molar-refractivity contribution is 5.77. The van der Waals surface area contributed by atoms with Crippen LogP contribution in [-0.4, -0.2) is 21.1 Å². The fraction of sp³-hybridized carbons (Fsp3) is 0.391. The van der Waals surface area contributed by atoms with Gasteiger partial charge in [0.05, 0.1) is 0 Å². The lowest BCUT2D eigenvalue weighted by molar-refractivity contribution is 0.667. The molecule has 2 rings (SSSR count). The molecule has 0 aliphatic carbocycles. The smallest absolute Gasteiger partial charge is 0.0167 e. The molecule has 0 fully saturated rings. The average Bonchev–Trinajstić information content (AvgIpc) is 2.68. The topological polar surface area (TPSA) is 38.0 Å². The van der Waals surface area contributed by atoms with Crippen LogP contribution < -0.4 is 11.1 Å². The molecule has 2 heteroatoms. The minimum Gasteiger partial charge on any atom is -0.333 e. The summed E-state index contributed by atoms with van der Waals surface area (Å²) in [6.07, 6.45) is 6.48. The van der Waals surface area contributed by atoms with Crippen LogP contribution in [0.4, 0.5) is 0 Å². The Bertz CT molecular complexity index is 544. The minimum atomic E-state index is 1.10. The number of nitrogens with two attached hydrogens (primary N) is 1. The van der Waals surface area contributed by atoms with E-state index in [1.807, 2.05) is 20.2 Å². The number of hydrogen-bond donors (Lipinski definition) is 2. The van der Waals surface area contributed by atoms with Crippen molar-refractivity contribution in [3.63, 3.8) is 0 Å². The van der Waals surface area contributed by atoms with Crippen molar-refractivity contribution >= 4 is 5.57 Å². The van der Waals surface area contributed by atoms with Crippen LogP contribution in [0.25, 0.3) is 5.57 Å². The molecule has 0 aliphatic rings. The first kappa shape index (κ1) is 23.1. The van der Waals surface area contributed by atoms with E-state index in [1.165, 1.54) is 55.8 Å². The first-order valence-corrected chi connectivity index (χ1v) is 9.22. The molecule has 2 aromatic rings. The van der Waals surface area contributed by atoms with Crippen LogP contribution >= 0.6 is 0 Å². The predicted octanol–water partition coefficient (Wildman–Crippen LogP) is 5.28. The average molecular weight is 341 g/mol.